The molecule has 1 aromatic carbocycles. The summed E-state index contributed by atoms with van der Waals surface area (Å²) in [6, 6.07) is 10.7. The Morgan fingerprint density at radius 3 is 2.81 bits per heavy atom. The lowest BCUT2D eigenvalue weighted by atomic mass is 10.0. The van der Waals surface area contributed by atoms with Gasteiger partial charge in [0.15, 0.2) is 0 Å². The van der Waals surface area contributed by atoms with Gasteiger partial charge >= 0.3 is 6.03 Å². The highest BCUT2D eigenvalue weighted by atomic mass is 16.5. The zero-order chi connectivity index (χ0) is 15.1. The lowest BCUT2D eigenvalue weighted by molar-refractivity contribution is 0.0702. The second kappa shape index (κ2) is 8.03. The van der Waals surface area contributed by atoms with Crippen LogP contribution in [0.3, 0.4) is 0 Å². The van der Waals surface area contributed by atoms with E-state index in [0.29, 0.717) is 6.61 Å². The molecule has 1 saturated heterocycles. The fraction of sp³-hybridized carbons (Fsp3) is 0.588. The zero-order valence-electron chi connectivity index (χ0n) is 13.0. The van der Waals surface area contributed by atoms with Crippen LogP contribution in [0, 0.1) is 0 Å². The Morgan fingerprint density at radius 1 is 1.43 bits per heavy atom. The van der Waals surface area contributed by atoms with Crippen molar-refractivity contribution in [3.8, 4) is 0 Å². The van der Waals surface area contributed by atoms with Crippen molar-refractivity contribution in [1.29, 1.82) is 0 Å². The van der Waals surface area contributed by atoms with Gasteiger partial charge in [0.1, 0.15) is 0 Å². The molecule has 1 fully saturated rings. The summed E-state index contributed by atoms with van der Waals surface area (Å²) in [5.41, 5.74) is 1.27. The molecule has 4 heteroatoms. The minimum Gasteiger partial charge on any atom is -0.379 e. The van der Waals surface area contributed by atoms with E-state index >= 15 is 0 Å². The number of carbonyl (C=O) groups is 1. The normalized spacial score (nSPS) is 19.8. The van der Waals surface area contributed by atoms with E-state index in [9.17, 15) is 4.79 Å². The van der Waals surface area contributed by atoms with Gasteiger partial charge in [-0.3, -0.25) is 0 Å². The highest BCUT2D eigenvalue weighted by Crippen LogP contribution is 2.12. The van der Waals surface area contributed by atoms with Crippen molar-refractivity contribution in [2.45, 2.75) is 44.7 Å². The van der Waals surface area contributed by atoms with E-state index in [1.807, 2.05) is 30.1 Å². The third-order valence-corrected chi connectivity index (χ3v) is 4.14. The number of ether oxygens (including phenoxy) is 1. The van der Waals surface area contributed by atoms with Crippen molar-refractivity contribution in [3.63, 3.8) is 0 Å². The summed E-state index contributed by atoms with van der Waals surface area (Å²) in [5, 5.41) is 3.08. The van der Waals surface area contributed by atoms with Crippen LogP contribution in [0.25, 0.3) is 0 Å². The van der Waals surface area contributed by atoms with E-state index in [-0.39, 0.29) is 18.1 Å². The second-order valence-electron chi connectivity index (χ2n) is 5.73. The molecule has 1 heterocycles. The molecule has 1 aliphatic rings. The maximum absolute atomic E-state index is 12.4. The van der Waals surface area contributed by atoms with Gasteiger partial charge in [0.25, 0.3) is 0 Å². The van der Waals surface area contributed by atoms with Crippen molar-refractivity contribution < 1.29 is 9.53 Å². The number of urea groups is 1. The molecule has 2 atom stereocenters. The lowest BCUT2D eigenvalue weighted by Gasteiger charge is -2.31. The molecule has 0 saturated carbocycles. The summed E-state index contributed by atoms with van der Waals surface area (Å²) < 4.78 is 5.41. The number of hydrogen-bond acceptors (Lipinski definition) is 2. The fourth-order valence-electron chi connectivity index (χ4n) is 2.74. The van der Waals surface area contributed by atoms with E-state index in [4.69, 9.17) is 4.74 Å². The van der Waals surface area contributed by atoms with Gasteiger partial charge in [-0.05, 0) is 31.2 Å². The van der Waals surface area contributed by atoms with Crippen LogP contribution in [0.15, 0.2) is 30.3 Å². The first-order valence-electron chi connectivity index (χ1n) is 7.85. The molecule has 116 valence electrons. The Labute approximate surface area is 127 Å². The standard InChI is InChI=1S/C17H26N2O2/c1-3-16(12-14-8-5-4-6-9-14)19(2)17(20)18-15-10-7-11-21-13-15/h4-6,8-9,15-16H,3,7,10-13H2,1-2H3,(H,18,20)/t15-,16+/m0/s1. The second-order valence-corrected chi connectivity index (χ2v) is 5.73. The van der Waals surface area contributed by atoms with Gasteiger partial charge in [-0.2, -0.15) is 0 Å². The predicted molar refractivity (Wildman–Crippen MR) is 84.4 cm³/mol. The molecule has 1 N–H and O–H groups in total. The summed E-state index contributed by atoms with van der Waals surface area (Å²) in [4.78, 5) is 14.2. The number of likely N-dealkylation sites (N-methyl/N-ethyl adjacent to an activating group) is 1. The Morgan fingerprint density at radius 2 is 2.19 bits per heavy atom. The molecular weight excluding hydrogens is 264 g/mol. The molecule has 0 unspecified atom stereocenters. The average molecular weight is 290 g/mol. The van der Waals surface area contributed by atoms with Gasteiger partial charge in [0.05, 0.1) is 12.6 Å². The van der Waals surface area contributed by atoms with Crippen LogP contribution in [0.1, 0.15) is 31.7 Å². The van der Waals surface area contributed by atoms with Crippen LogP contribution in [-0.4, -0.2) is 43.3 Å². The Balaban J connectivity index is 1.89. The van der Waals surface area contributed by atoms with Gasteiger partial charge in [0, 0.05) is 19.7 Å². The summed E-state index contributed by atoms with van der Waals surface area (Å²) >= 11 is 0. The molecule has 2 rings (SSSR count). The molecule has 0 aromatic heterocycles. The van der Waals surface area contributed by atoms with Crippen LogP contribution in [0.2, 0.25) is 0 Å². The SMILES string of the molecule is CC[C@H](Cc1ccccc1)N(C)C(=O)N[C@H]1CCCOC1. The minimum atomic E-state index is 0.00767. The third kappa shape index (κ3) is 4.74. The van der Waals surface area contributed by atoms with E-state index in [0.717, 1.165) is 32.3 Å². The monoisotopic (exact) mass is 290 g/mol. The van der Waals surface area contributed by atoms with Gasteiger partial charge in [-0.25, -0.2) is 4.79 Å². The minimum absolute atomic E-state index is 0.00767. The van der Waals surface area contributed by atoms with Gasteiger partial charge < -0.3 is 15.0 Å². The number of benzene rings is 1. The van der Waals surface area contributed by atoms with Crippen molar-refractivity contribution in [3.05, 3.63) is 35.9 Å². The fourth-order valence-corrected chi connectivity index (χ4v) is 2.74. The Bertz CT molecular complexity index is 430. The molecule has 2 amide bonds. The smallest absolute Gasteiger partial charge is 0.317 e. The van der Waals surface area contributed by atoms with Gasteiger partial charge in [-0.15, -0.1) is 0 Å². The Kier molecular flexibility index (Phi) is 6.05. The molecule has 21 heavy (non-hydrogen) atoms. The van der Waals surface area contributed by atoms with E-state index in [2.05, 4.69) is 24.4 Å². The molecule has 1 aromatic rings. The van der Waals surface area contributed by atoms with Crippen molar-refractivity contribution >= 4 is 6.03 Å². The predicted octanol–water partition coefficient (Wildman–Crippen LogP) is 2.83. The van der Waals surface area contributed by atoms with Gasteiger partial charge in [-0.1, -0.05) is 37.3 Å². The number of nitrogens with zero attached hydrogens (tertiary/aromatic N) is 1. The highest BCUT2D eigenvalue weighted by Gasteiger charge is 2.22. The van der Waals surface area contributed by atoms with E-state index in [1.165, 1.54) is 5.56 Å². The lowest BCUT2D eigenvalue weighted by Crippen LogP contribution is -2.49. The molecule has 0 aliphatic carbocycles. The quantitative estimate of drug-likeness (QED) is 0.906. The average Bonchev–Trinajstić information content (AvgIpc) is 2.54. The Hall–Kier alpha value is -1.55. The molecule has 1 aliphatic heterocycles. The molecule has 0 bridgehead atoms. The highest BCUT2D eigenvalue weighted by molar-refractivity contribution is 5.74. The number of carbonyl (C=O) groups excluding carboxylic acids is 1. The van der Waals surface area contributed by atoms with Crippen molar-refractivity contribution in [2.75, 3.05) is 20.3 Å². The number of nitrogens with one attached hydrogen (secondary N) is 1. The van der Waals surface area contributed by atoms with Gasteiger partial charge in [0.2, 0.25) is 0 Å². The number of hydrogen-bond donors (Lipinski definition) is 1. The van der Waals surface area contributed by atoms with Crippen molar-refractivity contribution in [2.24, 2.45) is 0 Å². The largest absolute Gasteiger partial charge is 0.379 e. The van der Waals surface area contributed by atoms with Crippen LogP contribution in [0.5, 0.6) is 0 Å². The first-order chi connectivity index (χ1) is 10.2. The van der Waals surface area contributed by atoms with E-state index < -0.39 is 0 Å². The zero-order valence-corrected chi connectivity index (χ0v) is 13.0. The van der Waals surface area contributed by atoms with Crippen LogP contribution < -0.4 is 5.32 Å². The maximum atomic E-state index is 12.4. The summed E-state index contributed by atoms with van der Waals surface area (Å²) in [6.07, 6.45) is 3.87. The van der Waals surface area contributed by atoms with Crippen LogP contribution in [0.4, 0.5) is 4.79 Å². The van der Waals surface area contributed by atoms with Crippen molar-refractivity contribution in [1.82, 2.24) is 10.2 Å². The number of rotatable bonds is 5. The summed E-state index contributed by atoms with van der Waals surface area (Å²) in [6.45, 7) is 3.57. The molecular formula is C17H26N2O2. The number of amides is 2. The topological polar surface area (TPSA) is 41.6 Å². The molecule has 0 spiro atoms. The van der Waals surface area contributed by atoms with Crippen LogP contribution >= 0.6 is 0 Å². The summed E-state index contributed by atoms with van der Waals surface area (Å²) in [5.74, 6) is 0. The summed E-state index contributed by atoms with van der Waals surface area (Å²) in [7, 11) is 1.89. The van der Waals surface area contributed by atoms with E-state index in [1.54, 1.807) is 0 Å². The molecule has 4 nitrogen and oxygen atoms in total. The first kappa shape index (κ1) is 15.8. The molecule has 0 radical (unpaired) electrons. The first-order valence-corrected chi connectivity index (χ1v) is 7.85. The maximum Gasteiger partial charge on any atom is 0.317 e. The third-order valence-electron chi connectivity index (χ3n) is 4.14. The van der Waals surface area contributed by atoms with Crippen LogP contribution in [-0.2, 0) is 11.2 Å².